The topological polar surface area (TPSA) is 75.2 Å². The molecule has 7 nitrogen and oxygen atoms in total. The van der Waals surface area contributed by atoms with Crippen molar-refractivity contribution in [2.45, 2.75) is 32.2 Å². The number of nitrogens with one attached hydrogen (secondary N) is 2. The van der Waals surface area contributed by atoms with Crippen molar-refractivity contribution < 1.29 is 14.3 Å². The lowest BCUT2D eigenvalue weighted by molar-refractivity contribution is -0.119. The number of fused-ring (bicyclic) bond motifs is 1. The smallest absolute Gasteiger partial charge is 0.220 e. The second kappa shape index (κ2) is 7.66. The van der Waals surface area contributed by atoms with Gasteiger partial charge in [-0.3, -0.25) is 9.79 Å². The summed E-state index contributed by atoms with van der Waals surface area (Å²) in [6.07, 6.45) is 3.71. The summed E-state index contributed by atoms with van der Waals surface area (Å²) in [5.74, 6) is 2.69. The van der Waals surface area contributed by atoms with E-state index in [0.717, 1.165) is 61.9 Å². The number of amides is 1. The van der Waals surface area contributed by atoms with Crippen molar-refractivity contribution in [3.63, 3.8) is 0 Å². The molecule has 1 aromatic carbocycles. The fraction of sp³-hybridized carbons (Fsp3) is 0.600. The van der Waals surface area contributed by atoms with Gasteiger partial charge >= 0.3 is 0 Å². The summed E-state index contributed by atoms with van der Waals surface area (Å²) < 4.78 is 11.5. The maximum atomic E-state index is 11.7. The molecule has 146 valence electrons. The molecule has 1 amide bonds. The molecular weight excluding hydrogens is 344 g/mol. The van der Waals surface area contributed by atoms with Crippen molar-refractivity contribution in [2.24, 2.45) is 10.4 Å². The van der Waals surface area contributed by atoms with Gasteiger partial charge < -0.3 is 25.0 Å². The Balaban J connectivity index is 1.39. The van der Waals surface area contributed by atoms with Crippen molar-refractivity contribution in [3.8, 4) is 11.5 Å². The monoisotopic (exact) mass is 372 g/mol. The normalized spacial score (nSPS) is 25.3. The molecule has 0 bridgehead atoms. The largest absolute Gasteiger partial charge is 0.490 e. The van der Waals surface area contributed by atoms with Crippen LogP contribution in [-0.2, 0) is 11.3 Å². The van der Waals surface area contributed by atoms with Crippen LogP contribution in [0.15, 0.2) is 23.2 Å². The van der Waals surface area contributed by atoms with Crippen LogP contribution in [0.3, 0.4) is 0 Å². The Morgan fingerprint density at radius 3 is 2.93 bits per heavy atom. The van der Waals surface area contributed by atoms with Crippen LogP contribution in [-0.4, -0.2) is 56.7 Å². The first-order valence-electron chi connectivity index (χ1n) is 9.78. The van der Waals surface area contributed by atoms with E-state index in [1.54, 1.807) is 0 Å². The molecule has 0 radical (unpaired) electrons. The molecule has 4 rings (SSSR count). The first-order chi connectivity index (χ1) is 13.2. The number of benzene rings is 1. The minimum Gasteiger partial charge on any atom is -0.490 e. The molecule has 2 fully saturated rings. The summed E-state index contributed by atoms with van der Waals surface area (Å²) in [6, 6.07) is 6.08. The van der Waals surface area contributed by atoms with Crippen LogP contribution in [0.25, 0.3) is 0 Å². The SMILES string of the molecule is CN=C(NCc1ccc2c(c1)OCCCO2)N1CCCC2(CNC(=O)C2)C1. The highest BCUT2D eigenvalue weighted by Crippen LogP contribution is 2.36. The van der Waals surface area contributed by atoms with Crippen LogP contribution in [0.4, 0.5) is 0 Å². The summed E-state index contributed by atoms with van der Waals surface area (Å²) in [6.45, 7) is 4.67. The van der Waals surface area contributed by atoms with Crippen molar-refractivity contribution in [1.82, 2.24) is 15.5 Å². The van der Waals surface area contributed by atoms with Gasteiger partial charge in [-0.05, 0) is 30.5 Å². The van der Waals surface area contributed by atoms with Crippen LogP contribution in [0.2, 0.25) is 0 Å². The number of nitrogens with zero attached hydrogens (tertiary/aromatic N) is 2. The van der Waals surface area contributed by atoms with Gasteiger partial charge in [0.25, 0.3) is 0 Å². The predicted octanol–water partition coefficient (Wildman–Crippen LogP) is 1.53. The minimum absolute atomic E-state index is 0.0577. The number of rotatable bonds is 2. The van der Waals surface area contributed by atoms with Crippen LogP contribution in [0.1, 0.15) is 31.2 Å². The lowest BCUT2D eigenvalue weighted by Gasteiger charge is -2.40. The van der Waals surface area contributed by atoms with Gasteiger partial charge in [0.1, 0.15) is 0 Å². The van der Waals surface area contributed by atoms with Crippen LogP contribution in [0.5, 0.6) is 11.5 Å². The van der Waals surface area contributed by atoms with Gasteiger partial charge in [0.15, 0.2) is 17.5 Å². The molecule has 0 aromatic heterocycles. The van der Waals surface area contributed by atoms with E-state index in [1.807, 2.05) is 19.2 Å². The Morgan fingerprint density at radius 1 is 1.30 bits per heavy atom. The minimum atomic E-state index is 0.0577. The fourth-order valence-electron chi connectivity index (χ4n) is 4.26. The Labute approximate surface area is 160 Å². The molecule has 1 atom stereocenters. The molecule has 2 saturated heterocycles. The zero-order chi connectivity index (χ0) is 18.7. The standard InChI is InChI=1S/C20H28N4O3/c1-21-19(24-7-2-6-20(14-24)11-18(25)23-13-20)22-12-15-4-5-16-17(10-15)27-9-3-8-26-16/h4-5,10H,2-3,6-9,11-14H2,1H3,(H,21,22)(H,23,25). The molecular formula is C20H28N4O3. The number of hydrogen-bond acceptors (Lipinski definition) is 4. The number of piperidine rings is 1. The zero-order valence-corrected chi connectivity index (χ0v) is 15.9. The van der Waals surface area contributed by atoms with Crippen molar-refractivity contribution in [1.29, 1.82) is 0 Å². The van der Waals surface area contributed by atoms with E-state index in [4.69, 9.17) is 9.47 Å². The summed E-state index contributed by atoms with van der Waals surface area (Å²) in [5, 5.41) is 6.47. The average molecular weight is 372 g/mol. The van der Waals surface area contributed by atoms with Gasteiger partial charge in [0.05, 0.1) is 13.2 Å². The van der Waals surface area contributed by atoms with Crippen molar-refractivity contribution in [3.05, 3.63) is 23.8 Å². The lowest BCUT2D eigenvalue weighted by Crippen LogP contribution is -2.51. The number of likely N-dealkylation sites (tertiary alicyclic amines) is 1. The molecule has 2 N–H and O–H groups in total. The predicted molar refractivity (Wildman–Crippen MR) is 103 cm³/mol. The van der Waals surface area contributed by atoms with Gasteiger partial charge in [-0.25, -0.2) is 0 Å². The van der Waals surface area contributed by atoms with Crippen molar-refractivity contribution in [2.75, 3.05) is 39.9 Å². The van der Waals surface area contributed by atoms with Gasteiger partial charge in [0, 0.05) is 51.5 Å². The number of guanidine groups is 1. The summed E-state index contributed by atoms with van der Waals surface area (Å²) in [5.41, 5.74) is 1.19. The van der Waals surface area contributed by atoms with E-state index in [9.17, 15) is 4.79 Å². The molecule has 0 saturated carbocycles. The first kappa shape index (κ1) is 17.9. The fourth-order valence-corrected chi connectivity index (χ4v) is 4.26. The second-order valence-corrected chi connectivity index (χ2v) is 7.71. The molecule has 1 unspecified atom stereocenters. The number of ether oxygens (including phenoxy) is 2. The molecule has 1 aromatic rings. The van der Waals surface area contributed by atoms with Gasteiger partial charge in [-0.1, -0.05) is 6.07 Å². The van der Waals surface area contributed by atoms with E-state index in [1.165, 1.54) is 0 Å². The summed E-state index contributed by atoms with van der Waals surface area (Å²) in [4.78, 5) is 18.5. The Kier molecular flexibility index (Phi) is 5.09. The van der Waals surface area contributed by atoms with Crippen LogP contribution in [0, 0.1) is 5.41 Å². The number of aliphatic imine (C=N–C) groups is 1. The highest BCUT2D eigenvalue weighted by molar-refractivity contribution is 5.81. The third-order valence-electron chi connectivity index (χ3n) is 5.63. The Morgan fingerprint density at radius 2 is 2.15 bits per heavy atom. The highest BCUT2D eigenvalue weighted by Gasteiger charge is 2.42. The molecule has 7 heteroatoms. The van der Waals surface area contributed by atoms with Gasteiger partial charge in [-0.2, -0.15) is 0 Å². The summed E-state index contributed by atoms with van der Waals surface area (Å²) in [7, 11) is 1.82. The first-order valence-corrected chi connectivity index (χ1v) is 9.78. The Hall–Kier alpha value is -2.44. The third-order valence-corrected chi connectivity index (χ3v) is 5.63. The maximum absolute atomic E-state index is 11.7. The number of carbonyl (C=O) groups is 1. The van der Waals surface area contributed by atoms with E-state index in [2.05, 4.69) is 26.6 Å². The Bertz CT molecular complexity index is 736. The van der Waals surface area contributed by atoms with Crippen molar-refractivity contribution >= 4 is 11.9 Å². The molecule has 3 aliphatic rings. The molecule has 3 heterocycles. The maximum Gasteiger partial charge on any atom is 0.220 e. The average Bonchev–Trinajstić information content (AvgIpc) is 2.89. The molecule has 0 aliphatic carbocycles. The quantitative estimate of drug-likeness (QED) is 0.608. The third kappa shape index (κ3) is 3.96. The van der Waals surface area contributed by atoms with E-state index in [-0.39, 0.29) is 11.3 Å². The molecule has 27 heavy (non-hydrogen) atoms. The number of carbonyl (C=O) groups excluding carboxylic acids is 1. The second-order valence-electron chi connectivity index (χ2n) is 7.71. The van der Waals surface area contributed by atoms with E-state index >= 15 is 0 Å². The molecule has 3 aliphatic heterocycles. The van der Waals surface area contributed by atoms with Crippen LogP contribution >= 0.6 is 0 Å². The summed E-state index contributed by atoms with van der Waals surface area (Å²) >= 11 is 0. The lowest BCUT2D eigenvalue weighted by atomic mass is 9.79. The van der Waals surface area contributed by atoms with Crippen LogP contribution < -0.4 is 20.1 Å². The van der Waals surface area contributed by atoms with E-state index < -0.39 is 0 Å². The molecule has 1 spiro atoms. The highest BCUT2D eigenvalue weighted by atomic mass is 16.5. The zero-order valence-electron chi connectivity index (χ0n) is 15.9. The number of hydrogen-bond donors (Lipinski definition) is 2. The van der Waals surface area contributed by atoms with Gasteiger partial charge in [0.2, 0.25) is 5.91 Å². The van der Waals surface area contributed by atoms with E-state index in [0.29, 0.717) is 26.2 Å². The van der Waals surface area contributed by atoms with Gasteiger partial charge in [-0.15, -0.1) is 0 Å².